The van der Waals surface area contributed by atoms with Crippen LogP contribution in [0.15, 0.2) is 11.6 Å². The molecule has 24 atom stereocenters. The lowest BCUT2D eigenvalue weighted by atomic mass is 9.33. The van der Waals surface area contributed by atoms with Crippen LogP contribution in [0.5, 0.6) is 0 Å². The van der Waals surface area contributed by atoms with Gasteiger partial charge in [0.1, 0.15) is 61.0 Å². The van der Waals surface area contributed by atoms with Gasteiger partial charge < -0.3 is 89.3 Å². The predicted molar refractivity (Wildman–Crippen MR) is 232 cm³/mol. The zero-order valence-corrected chi connectivity index (χ0v) is 40.2. The van der Waals surface area contributed by atoms with Gasteiger partial charge in [-0.15, -0.1) is 0 Å². The van der Waals surface area contributed by atoms with Gasteiger partial charge in [0.2, 0.25) is 6.29 Å². The molecule has 0 aromatic rings. The standard InChI is InChI=1S/C48H74O21/c1-43(41(61)63-6)13-15-48(42(62)69-39-32(56)30(54)29(53)24(18-49)65-39)16-14-46(4)21(22(48)17-43)7-8-26-44(2)11-10-27(45(3,20-50)25(44)9-12-47(26,46)5)66-40-34(58)35(33(57)36(68-40)37(59)60)67-38-31(55)28(52)23(51)19-64-38/h7,22-36,38-40,49-58H,8-20H2,1-6H3,(H,59,60)/t22-,23+,24+,25+,26+,27-,28-,29+,30-,31+,32+,33-,34+,35-,36-,38-,39-,40+,43-,44-,45-,46+,47+,48-/m0/s1. The van der Waals surface area contributed by atoms with E-state index in [9.17, 15) is 70.6 Å². The molecule has 4 saturated carbocycles. The van der Waals surface area contributed by atoms with E-state index in [0.29, 0.717) is 51.4 Å². The van der Waals surface area contributed by atoms with Gasteiger partial charge in [-0.25, -0.2) is 4.79 Å². The molecule has 3 aliphatic heterocycles. The third-order valence-electron chi connectivity index (χ3n) is 19.5. The fourth-order valence-corrected chi connectivity index (χ4v) is 15.0. The first kappa shape index (κ1) is 52.9. The Labute approximate surface area is 400 Å². The number of hydrogen-bond acceptors (Lipinski definition) is 20. The number of rotatable bonds is 10. The molecule has 21 nitrogen and oxygen atoms in total. The van der Waals surface area contributed by atoms with Crippen LogP contribution in [-0.2, 0) is 47.5 Å². The molecule has 3 heterocycles. The number of carboxylic acid groups (broad SMARTS) is 1. The number of aliphatic hydroxyl groups excluding tert-OH is 10. The number of allylic oxidation sites excluding steroid dienone is 2. The molecule has 0 unspecified atom stereocenters. The number of fused-ring (bicyclic) bond motifs is 7. The zero-order chi connectivity index (χ0) is 50.6. The van der Waals surface area contributed by atoms with Crippen molar-refractivity contribution in [2.45, 2.75) is 191 Å². The van der Waals surface area contributed by atoms with Gasteiger partial charge in [0.25, 0.3) is 0 Å². The first-order chi connectivity index (χ1) is 32.3. The molecule has 0 aromatic carbocycles. The molecule has 3 saturated heterocycles. The Bertz CT molecular complexity index is 1970. The van der Waals surface area contributed by atoms with E-state index in [1.165, 1.54) is 7.11 Å². The van der Waals surface area contributed by atoms with E-state index in [-0.39, 0.29) is 36.7 Å². The molecule has 21 heteroatoms. The fourth-order valence-electron chi connectivity index (χ4n) is 15.0. The maximum Gasteiger partial charge on any atom is 0.335 e. The lowest BCUT2D eigenvalue weighted by Crippen LogP contribution is -2.67. The Morgan fingerprint density at radius 2 is 1.39 bits per heavy atom. The van der Waals surface area contributed by atoms with Crippen LogP contribution in [-0.4, -0.2) is 193 Å². The molecule has 8 rings (SSSR count). The van der Waals surface area contributed by atoms with E-state index >= 15 is 0 Å². The number of carbonyl (C=O) groups excluding carboxylic acids is 2. The first-order valence-corrected chi connectivity index (χ1v) is 24.4. The Kier molecular flexibility index (Phi) is 14.4. The van der Waals surface area contributed by atoms with Crippen LogP contribution in [0.4, 0.5) is 0 Å². The van der Waals surface area contributed by atoms with Crippen molar-refractivity contribution >= 4 is 17.9 Å². The van der Waals surface area contributed by atoms with E-state index in [0.717, 1.165) is 5.57 Å². The van der Waals surface area contributed by atoms with Gasteiger partial charge in [-0.1, -0.05) is 39.3 Å². The van der Waals surface area contributed by atoms with E-state index < -0.39 is 156 Å². The predicted octanol–water partition coefficient (Wildman–Crippen LogP) is -1.00. The van der Waals surface area contributed by atoms with Gasteiger partial charge >= 0.3 is 17.9 Å². The Balaban J connectivity index is 1.07. The third-order valence-corrected chi connectivity index (χ3v) is 19.5. The minimum atomic E-state index is -1.97. The lowest BCUT2D eigenvalue weighted by molar-refractivity contribution is -0.358. The number of ether oxygens (including phenoxy) is 7. The summed E-state index contributed by atoms with van der Waals surface area (Å²) in [7, 11) is 1.34. The summed E-state index contributed by atoms with van der Waals surface area (Å²) in [4.78, 5) is 40.7. The van der Waals surface area contributed by atoms with Crippen LogP contribution in [0.25, 0.3) is 0 Å². The van der Waals surface area contributed by atoms with E-state index in [1.54, 1.807) is 0 Å². The zero-order valence-electron chi connectivity index (χ0n) is 40.2. The summed E-state index contributed by atoms with van der Waals surface area (Å²) < 4.78 is 40.2. The molecular formula is C48H74O21. The molecule has 392 valence electrons. The molecule has 11 N–H and O–H groups in total. The van der Waals surface area contributed by atoms with Crippen LogP contribution in [0.3, 0.4) is 0 Å². The normalized spacial score (nSPS) is 53.0. The van der Waals surface area contributed by atoms with Crippen LogP contribution in [0.1, 0.15) is 98.8 Å². The Morgan fingerprint density at radius 3 is 2.04 bits per heavy atom. The largest absolute Gasteiger partial charge is 0.479 e. The molecule has 0 aromatic heterocycles. The van der Waals surface area contributed by atoms with Gasteiger partial charge in [-0.2, -0.15) is 0 Å². The highest BCUT2D eigenvalue weighted by Crippen LogP contribution is 2.76. The highest BCUT2D eigenvalue weighted by Gasteiger charge is 2.71. The van der Waals surface area contributed by atoms with E-state index in [4.69, 9.17) is 33.2 Å². The minimum absolute atomic E-state index is 0.0325. The van der Waals surface area contributed by atoms with Gasteiger partial charge in [-0.3, -0.25) is 9.59 Å². The van der Waals surface area contributed by atoms with Crippen molar-refractivity contribution in [2.24, 2.45) is 50.2 Å². The highest BCUT2D eigenvalue weighted by atomic mass is 16.7. The second-order valence-electron chi connectivity index (χ2n) is 22.8. The van der Waals surface area contributed by atoms with Crippen molar-refractivity contribution in [3.63, 3.8) is 0 Å². The molecular weight excluding hydrogens is 913 g/mol. The lowest BCUT2D eigenvalue weighted by Gasteiger charge is -2.71. The van der Waals surface area contributed by atoms with Crippen molar-refractivity contribution in [2.75, 3.05) is 26.9 Å². The van der Waals surface area contributed by atoms with Gasteiger partial charge in [0.15, 0.2) is 18.7 Å². The van der Waals surface area contributed by atoms with Crippen molar-refractivity contribution in [3.05, 3.63) is 11.6 Å². The van der Waals surface area contributed by atoms with Crippen molar-refractivity contribution in [3.8, 4) is 0 Å². The van der Waals surface area contributed by atoms with E-state index in [2.05, 4.69) is 26.8 Å². The molecule has 69 heavy (non-hydrogen) atoms. The number of esters is 2. The van der Waals surface area contributed by atoms with Crippen LogP contribution in [0.2, 0.25) is 0 Å². The molecule has 0 amide bonds. The highest BCUT2D eigenvalue weighted by molar-refractivity contribution is 5.81. The number of aliphatic hydroxyl groups is 10. The van der Waals surface area contributed by atoms with Gasteiger partial charge in [0.05, 0.1) is 43.9 Å². The summed E-state index contributed by atoms with van der Waals surface area (Å²) in [5, 5.41) is 117. The molecule has 0 bridgehead atoms. The topological polar surface area (TPSA) is 338 Å². The number of carboxylic acids is 1. The molecule has 0 radical (unpaired) electrons. The number of aliphatic carboxylic acids is 1. The molecule has 8 aliphatic rings. The van der Waals surface area contributed by atoms with Crippen molar-refractivity contribution < 1.29 is 104 Å². The Morgan fingerprint density at radius 1 is 0.710 bits per heavy atom. The average molecular weight is 987 g/mol. The first-order valence-electron chi connectivity index (χ1n) is 24.4. The quantitative estimate of drug-likeness (QED) is 0.0710. The van der Waals surface area contributed by atoms with Crippen LogP contribution < -0.4 is 0 Å². The SMILES string of the molecule is COC(=O)[C@@]1(C)CC[C@]2(C(=O)O[C@@H]3O[C@H](CO)[C@@H](O)[C@H](O)[C@H]3O)CC[C@]3(C)C(=CC[C@@H]4[C@@]5(C)CC[C@H](O[C@@H]6O[C@H](C(=O)O)[C@@H](O)[C@H](O[C@@H]7OC[C@@H](O)[C@H](O)[C@H]7O)[C@H]6O)[C@@](C)(CO)[C@@H]5CC[C@]43C)[C@@H]2C1. The summed E-state index contributed by atoms with van der Waals surface area (Å²) >= 11 is 0. The Hall–Kier alpha value is -2.45. The second-order valence-corrected chi connectivity index (χ2v) is 22.8. The number of carbonyl (C=O) groups is 3. The summed E-state index contributed by atoms with van der Waals surface area (Å²) in [6, 6.07) is 0. The van der Waals surface area contributed by atoms with Gasteiger partial charge in [0, 0.05) is 5.41 Å². The average Bonchev–Trinajstić information content (AvgIpc) is 3.31. The van der Waals surface area contributed by atoms with Gasteiger partial charge in [-0.05, 0) is 105 Å². The molecule has 0 spiro atoms. The summed E-state index contributed by atoms with van der Waals surface area (Å²) in [6.07, 6.45) is -17.9. The monoisotopic (exact) mass is 986 g/mol. The number of methoxy groups -OCH3 is 1. The van der Waals surface area contributed by atoms with Crippen LogP contribution in [0, 0.1) is 50.2 Å². The van der Waals surface area contributed by atoms with Crippen molar-refractivity contribution in [1.29, 1.82) is 0 Å². The smallest absolute Gasteiger partial charge is 0.335 e. The van der Waals surface area contributed by atoms with E-state index in [1.807, 2.05) is 13.8 Å². The fraction of sp³-hybridized carbons (Fsp3) is 0.896. The number of hydrogen-bond donors (Lipinski definition) is 11. The van der Waals surface area contributed by atoms with Crippen molar-refractivity contribution in [1.82, 2.24) is 0 Å². The molecule has 5 aliphatic carbocycles. The maximum absolute atomic E-state index is 14.8. The minimum Gasteiger partial charge on any atom is -0.479 e. The summed E-state index contributed by atoms with van der Waals surface area (Å²) in [5.74, 6) is -3.30. The maximum atomic E-state index is 14.8. The summed E-state index contributed by atoms with van der Waals surface area (Å²) in [6.45, 7) is 9.02. The molecule has 7 fully saturated rings. The summed E-state index contributed by atoms with van der Waals surface area (Å²) in [5.41, 5.74) is -3.37. The third kappa shape index (κ3) is 8.12. The second kappa shape index (κ2) is 18.8. The van der Waals surface area contributed by atoms with Crippen LogP contribution >= 0.6 is 0 Å².